The molecule has 78 valence electrons. The predicted molar refractivity (Wildman–Crippen MR) is 55.5 cm³/mol. The number of hydrogen-bond acceptors (Lipinski definition) is 3. The average molecular weight is 195 g/mol. The number of aromatic nitrogens is 2. The molecule has 0 saturated heterocycles. The maximum atomic E-state index is 9.32. The summed E-state index contributed by atoms with van der Waals surface area (Å²) < 4.78 is 1.86. The molecule has 0 aliphatic carbocycles. The third kappa shape index (κ3) is 1.30. The summed E-state index contributed by atoms with van der Waals surface area (Å²) >= 11 is 0. The van der Waals surface area contributed by atoms with Crippen LogP contribution in [0.2, 0.25) is 0 Å². The second-order valence-electron chi connectivity index (χ2n) is 4.13. The molecule has 2 heterocycles. The molecule has 2 rings (SSSR count). The van der Waals surface area contributed by atoms with Gasteiger partial charge in [-0.25, -0.2) is 0 Å². The summed E-state index contributed by atoms with van der Waals surface area (Å²) in [4.78, 5) is 0. The van der Waals surface area contributed by atoms with E-state index in [0.29, 0.717) is 6.04 Å². The van der Waals surface area contributed by atoms with Crippen LogP contribution in [0.15, 0.2) is 0 Å². The molecule has 0 bridgehead atoms. The van der Waals surface area contributed by atoms with Crippen LogP contribution in [-0.4, -0.2) is 27.5 Å². The minimum Gasteiger partial charge on any atom is -0.396 e. The number of aliphatic hydroxyl groups excluding tert-OH is 1. The van der Waals surface area contributed by atoms with Crippen molar-refractivity contribution in [1.82, 2.24) is 9.78 Å². The Morgan fingerprint density at radius 2 is 2.36 bits per heavy atom. The van der Waals surface area contributed by atoms with Gasteiger partial charge >= 0.3 is 0 Å². The summed E-state index contributed by atoms with van der Waals surface area (Å²) in [7, 11) is 1.94. The van der Waals surface area contributed by atoms with Crippen LogP contribution in [0.3, 0.4) is 0 Å². The molecule has 0 fully saturated rings. The van der Waals surface area contributed by atoms with Gasteiger partial charge in [0.05, 0.1) is 12.3 Å². The molecule has 0 unspecified atom stereocenters. The lowest BCUT2D eigenvalue weighted by Crippen LogP contribution is -2.27. The van der Waals surface area contributed by atoms with Gasteiger partial charge in [-0.3, -0.25) is 4.68 Å². The molecule has 14 heavy (non-hydrogen) atoms. The molecule has 2 atom stereocenters. The molecule has 1 aromatic rings. The standard InChI is InChI=1S/C10H17N3O/c1-6-4-8(5-14)9-7(2)12-13(3)10(9)11-6/h6,8,11,14H,4-5H2,1-3H3/t6-,8+/m0/s1. The van der Waals surface area contributed by atoms with Crippen molar-refractivity contribution >= 4 is 5.82 Å². The fourth-order valence-corrected chi connectivity index (χ4v) is 2.34. The van der Waals surface area contributed by atoms with Crippen molar-refractivity contribution in [3.05, 3.63) is 11.3 Å². The topological polar surface area (TPSA) is 50.1 Å². The Hall–Kier alpha value is -1.03. The Balaban J connectivity index is 2.48. The summed E-state index contributed by atoms with van der Waals surface area (Å²) in [5, 5.41) is 17.1. The Bertz CT molecular complexity index is 345. The summed E-state index contributed by atoms with van der Waals surface area (Å²) in [5.41, 5.74) is 2.22. The maximum Gasteiger partial charge on any atom is 0.127 e. The number of aryl methyl sites for hydroxylation is 2. The minimum atomic E-state index is 0.214. The van der Waals surface area contributed by atoms with Crippen LogP contribution in [-0.2, 0) is 7.05 Å². The molecule has 1 aliphatic rings. The number of fused-ring (bicyclic) bond motifs is 1. The first-order valence-corrected chi connectivity index (χ1v) is 5.04. The third-order valence-corrected chi connectivity index (χ3v) is 2.92. The summed E-state index contributed by atoms with van der Waals surface area (Å²) in [6, 6.07) is 0.412. The minimum absolute atomic E-state index is 0.214. The Kier molecular flexibility index (Phi) is 2.23. The van der Waals surface area contributed by atoms with Gasteiger partial charge < -0.3 is 10.4 Å². The summed E-state index contributed by atoms with van der Waals surface area (Å²) in [6.45, 7) is 4.35. The van der Waals surface area contributed by atoms with E-state index >= 15 is 0 Å². The van der Waals surface area contributed by atoms with Crippen LogP contribution in [0.1, 0.15) is 30.5 Å². The van der Waals surface area contributed by atoms with E-state index < -0.39 is 0 Å². The number of nitrogens with zero attached hydrogens (tertiary/aromatic N) is 2. The highest BCUT2D eigenvalue weighted by Crippen LogP contribution is 2.35. The quantitative estimate of drug-likeness (QED) is 0.703. The van der Waals surface area contributed by atoms with Crippen LogP contribution in [0.5, 0.6) is 0 Å². The number of anilines is 1. The highest BCUT2D eigenvalue weighted by Gasteiger charge is 2.28. The van der Waals surface area contributed by atoms with Crippen molar-refractivity contribution < 1.29 is 5.11 Å². The van der Waals surface area contributed by atoms with E-state index in [-0.39, 0.29) is 12.5 Å². The molecule has 0 saturated carbocycles. The fraction of sp³-hybridized carbons (Fsp3) is 0.700. The van der Waals surface area contributed by atoms with E-state index in [1.54, 1.807) is 0 Å². The van der Waals surface area contributed by atoms with E-state index in [4.69, 9.17) is 0 Å². The van der Waals surface area contributed by atoms with Gasteiger partial charge in [0.25, 0.3) is 0 Å². The van der Waals surface area contributed by atoms with E-state index in [1.807, 2.05) is 18.7 Å². The molecule has 0 aromatic carbocycles. The van der Waals surface area contributed by atoms with Crippen molar-refractivity contribution in [2.24, 2.45) is 7.05 Å². The van der Waals surface area contributed by atoms with Crippen LogP contribution >= 0.6 is 0 Å². The normalized spacial score (nSPS) is 25.7. The second kappa shape index (κ2) is 3.28. The number of hydrogen-bond donors (Lipinski definition) is 2. The van der Waals surface area contributed by atoms with Crippen molar-refractivity contribution in [3.63, 3.8) is 0 Å². The van der Waals surface area contributed by atoms with Crippen LogP contribution < -0.4 is 5.32 Å². The second-order valence-corrected chi connectivity index (χ2v) is 4.13. The largest absolute Gasteiger partial charge is 0.396 e. The number of nitrogens with one attached hydrogen (secondary N) is 1. The van der Waals surface area contributed by atoms with Gasteiger partial charge in [0, 0.05) is 24.6 Å². The molecule has 0 radical (unpaired) electrons. The Morgan fingerprint density at radius 1 is 1.64 bits per heavy atom. The molecular formula is C10H17N3O. The maximum absolute atomic E-state index is 9.32. The van der Waals surface area contributed by atoms with Gasteiger partial charge in [-0.1, -0.05) is 0 Å². The molecule has 4 heteroatoms. The van der Waals surface area contributed by atoms with Gasteiger partial charge in [0.2, 0.25) is 0 Å². The van der Waals surface area contributed by atoms with Crippen molar-refractivity contribution in [2.75, 3.05) is 11.9 Å². The first kappa shape index (κ1) is 9.52. The van der Waals surface area contributed by atoms with Gasteiger partial charge in [-0.2, -0.15) is 5.10 Å². The fourth-order valence-electron chi connectivity index (χ4n) is 2.34. The molecular weight excluding hydrogens is 178 g/mol. The van der Waals surface area contributed by atoms with E-state index in [9.17, 15) is 5.11 Å². The smallest absolute Gasteiger partial charge is 0.127 e. The van der Waals surface area contributed by atoms with E-state index in [2.05, 4.69) is 17.3 Å². The van der Waals surface area contributed by atoms with Gasteiger partial charge in [0.1, 0.15) is 5.82 Å². The lowest BCUT2D eigenvalue weighted by Gasteiger charge is -2.28. The van der Waals surface area contributed by atoms with Crippen molar-refractivity contribution in [1.29, 1.82) is 0 Å². The molecule has 1 aliphatic heterocycles. The molecule has 1 aromatic heterocycles. The van der Waals surface area contributed by atoms with Crippen molar-refractivity contribution in [2.45, 2.75) is 32.2 Å². The zero-order chi connectivity index (χ0) is 10.3. The molecule has 2 N–H and O–H groups in total. The Morgan fingerprint density at radius 3 is 3.00 bits per heavy atom. The zero-order valence-electron chi connectivity index (χ0n) is 8.91. The van der Waals surface area contributed by atoms with Crippen LogP contribution in [0.4, 0.5) is 5.82 Å². The zero-order valence-corrected chi connectivity index (χ0v) is 8.91. The summed E-state index contributed by atoms with van der Waals surface area (Å²) in [5.74, 6) is 1.32. The molecule has 0 amide bonds. The monoisotopic (exact) mass is 195 g/mol. The third-order valence-electron chi connectivity index (χ3n) is 2.92. The number of aliphatic hydroxyl groups is 1. The van der Waals surface area contributed by atoms with Crippen LogP contribution in [0.25, 0.3) is 0 Å². The number of rotatable bonds is 1. The lowest BCUT2D eigenvalue weighted by atomic mass is 9.90. The molecule has 0 spiro atoms. The van der Waals surface area contributed by atoms with E-state index in [1.165, 1.54) is 5.56 Å². The lowest BCUT2D eigenvalue weighted by molar-refractivity contribution is 0.253. The van der Waals surface area contributed by atoms with Crippen molar-refractivity contribution in [3.8, 4) is 0 Å². The first-order chi connectivity index (χ1) is 6.63. The SMILES string of the molecule is Cc1nn(C)c2c1[C@@H](CO)C[C@H](C)N2. The van der Waals surface area contributed by atoms with E-state index in [0.717, 1.165) is 17.9 Å². The Labute approximate surface area is 83.9 Å². The van der Waals surface area contributed by atoms with Gasteiger partial charge in [-0.15, -0.1) is 0 Å². The molecule has 4 nitrogen and oxygen atoms in total. The highest BCUT2D eigenvalue weighted by molar-refractivity contribution is 5.52. The summed E-state index contributed by atoms with van der Waals surface area (Å²) in [6.07, 6.45) is 0.982. The van der Waals surface area contributed by atoms with Gasteiger partial charge in [-0.05, 0) is 20.3 Å². The predicted octanol–water partition coefficient (Wildman–Crippen LogP) is 1.01. The van der Waals surface area contributed by atoms with Crippen LogP contribution in [0, 0.1) is 6.92 Å². The first-order valence-electron chi connectivity index (χ1n) is 5.04. The highest BCUT2D eigenvalue weighted by atomic mass is 16.3. The van der Waals surface area contributed by atoms with Gasteiger partial charge in [0.15, 0.2) is 0 Å². The average Bonchev–Trinajstić information content (AvgIpc) is 2.41.